The van der Waals surface area contributed by atoms with E-state index in [1.54, 1.807) is 44.2 Å². The zero-order valence-corrected chi connectivity index (χ0v) is 18.4. The van der Waals surface area contributed by atoms with Gasteiger partial charge in [0.2, 0.25) is 0 Å². The average Bonchev–Trinajstić information content (AvgIpc) is 3.14. The third-order valence-corrected chi connectivity index (χ3v) is 8.42. The summed E-state index contributed by atoms with van der Waals surface area (Å²) in [6.07, 6.45) is 1.90. The number of ether oxygens (including phenoxy) is 1. The Morgan fingerprint density at radius 2 is 1.97 bits per heavy atom. The fourth-order valence-electron chi connectivity index (χ4n) is 3.36. The van der Waals surface area contributed by atoms with Crippen LogP contribution in [-0.4, -0.2) is 31.8 Å². The predicted octanol–water partition coefficient (Wildman–Crippen LogP) is 4.33. The SMILES string of the molecule is COc1cc2c(cc1S(=O)(=O)C(C)(C)C)C(N)=CCN2c1ccc2scnc2c1. The highest BCUT2D eigenvalue weighted by molar-refractivity contribution is 7.92. The Bertz CT molecular complexity index is 1240. The fourth-order valence-corrected chi connectivity index (χ4v) is 5.36. The van der Waals surface area contributed by atoms with E-state index in [0.717, 1.165) is 21.6 Å². The molecule has 29 heavy (non-hydrogen) atoms. The molecule has 0 spiro atoms. The van der Waals surface area contributed by atoms with Crippen LogP contribution in [-0.2, 0) is 9.84 Å². The van der Waals surface area contributed by atoms with Crippen molar-refractivity contribution in [1.29, 1.82) is 0 Å². The number of hydrogen-bond acceptors (Lipinski definition) is 7. The standard InChI is InChI=1S/C21H23N3O3S2/c1-21(2,3)29(25,26)20-10-14-15(22)7-8-24(17(14)11-18(20)27-4)13-5-6-19-16(9-13)23-12-28-19/h5-7,9-12H,8,22H2,1-4H3. The van der Waals surface area contributed by atoms with E-state index in [4.69, 9.17) is 10.5 Å². The number of nitrogens with two attached hydrogens (primary N) is 1. The highest BCUT2D eigenvalue weighted by Crippen LogP contribution is 2.42. The van der Waals surface area contributed by atoms with Crippen LogP contribution in [0.25, 0.3) is 15.9 Å². The minimum absolute atomic E-state index is 0.152. The molecule has 152 valence electrons. The molecule has 1 aromatic heterocycles. The van der Waals surface area contributed by atoms with Gasteiger partial charge in [0.25, 0.3) is 0 Å². The van der Waals surface area contributed by atoms with E-state index in [0.29, 0.717) is 23.6 Å². The average molecular weight is 430 g/mol. The molecule has 6 nitrogen and oxygen atoms in total. The second kappa shape index (κ2) is 6.74. The van der Waals surface area contributed by atoms with Crippen molar-refractivity contribution in [2.45, 2.75) is 30.4 Å². The second-order valence-electron chi connectivity index (χ2n) is 7.91. The summed E-state index contributed by atoms with van der Waals surface area (Å²) in [6.45, 7) is 5.60. The molecular weight excluding hydrogens is 406 g/mol. The van der Waals surface area contributed by atoms with E-state index in [2.05, 4.69) is 9.88 Å². The number of thiazole rings is 1. The zero-order valence-electron chi connectivity index (χ0n) is 16.8. The first kappa shape index (κ1) is 19.7. The van der Waals surface area contributed by atoms with Gasteiger partial charge in [0, 0.05) is 29.6 Å². The number of anilines is 2. The second-order valence-corrected chi connectivity index (χ2v) is 11.5. The van der Waals surface area contributed by atoms with Gasteiger partial charge in [0.05, 0.1) is 33.3 Å². The lowest BCUT2D eigenvalue weighted by atomic mass is 10.0. The summed E-state index contributed by atoms with van der Waals surface area (Å²) >= 11 is 1.59. The molecule has 0 unspecified atom stereocenters. The Hall–Kier alpha value is -2.58. The molecule has 4 rings (SSSR count). The van der Waals surface area contributed by atoms with E-state index in [1.807, 2.05) is 29.8 Å². The van der Waals surface area contributed by atoms with Crippen molar-refractivity contribution in [1.82, 2.24) is 4.98 Å². The zero-order chi connectivity index (χ0) is 21.0. The summed E-state index contributed by atoms with van der Waals surface area (Å²) in [6, 6.07) is 9.50. The Morgan fingerprint density at radius 3 is 2.66 bits per heavy atom. The van der Waals surface area contributed by atoms with Crippen molar-refractivity contribution in [3.05, 3.63) is 47.5 Å². The van der Waals surface area contributed by atoms with Crippen LogP contribution in [0.2, 0.25) is 0 Å². The summed E-state index contributed by atoms with van der Waals surface area (Å²) in [7, 11) is -2.13. The van der Waals surface area contributed by atoms with E-state index >= 15 is 0 Å². The topological polar surface area (TPSA) is 85.5 Å². The van der Waals surface area contributed by atoms with Gasteiger partial charge in [-0.2, -0.15) is 0 Å². The molecule has 2 N–H and O–H groups in total. The van der Waals surface area contributed by atoms with Gasteiger partial charge in [-0.25, -0.2) is 13.4 Å². The molecule has 1 aliphatic rings. The molecule has 0 fully saturated rings. The van der Waals surface area contributed by atoms with E-state index in [-0.39, 0.29) is 4.90 Å². The third-order valence-electron chi connectivity index (χ3n) is 5.10. The number of sulfone groups is 1. The Kier molecular flexibility index (Phi) is 4.59. The first-order valence-electron chi connectivity index (χ1n) is 9.17. The highest BCUT2D eigenvalue weighted by atomic mass is 32.2. The predicted molar refractivity (Wildman–Crippen MR) is 119 cm³/mol. The normalized spacial score (nSPS) is 14.6. The van der Waals surface area contributed by atoms with Crippen LogP contribution >= 0.6 is 11.3 Å². The van der Waals surface area contributed by atoms with E-state index in [9.17, 15) is 8.42 Å². The van der Waals surface area contributed by atoms with Crippen molar-refractivity contribution in [3.8, 4) is 5.75 Å². The highest BCUT2D eigenvalue weighted by Gasteiger charge is 2.35. The van der Waals surface area contributed by atoms with Crippen LogP contribution < -0.4 is 15.4 Å². The molecule has 1 aliphatic heterocycles. The largest absolute Gasteiger partial charge is 0.495 e. The lowest BCUT2D eigenvalue weighted by Crippen LogP contribution is -2.29. The van der Waals surface area contributed by atoms with Gasteiger partial charge in [-0.1, -0.05) is 0 Å². The lowest BCUT2D eigenvalue weighted by Gasteiger charge is -2.31. The molecule has 8 heteroatoms. The first-order chi connectivity index (χ1) is 13.6. The van der Waals surface area contributed by atoms with Crippen LogP contribution in [0.1, 0.15) is 26.3 Å². The van der Waals surface area contributed by atoms with Crippen molar-refractivity contribution >= 4 is 48.5 Å². The minimum Gasteiger partial charge on any atom is -0.495 e. The van der Waals surface area contributed by atoms with Crippen LogP contribution in [0.5, 0.6) is 5.75 Å². The Morgan fingerprint density at radius 1 is 1.21 bits per heavy atom. The molecule has 0 saturated heterocycles. The van der Waals surface area contributed by atoms with Crippen molar-refractivity contribution in [2.24, 2.45) is 5.73 Å². The van der Waals surface area contributed by atoms with Crippen LogP contribution in [0.3, 0.4) is 0 Å². The maximum Gasteiger partial charge on any atom is 0.186 e. The Labute approximate surface area is 174 Å². The van der Waals surface area contributed by atoms with Crippen molar-refractivity contribution < 1.29 is 13.2 Å². The quantitative estimate of drug-likeness (QED) is 0.667. The molecular formula is C21H23N3O3S2. The first-order valence-corrected chi connectivity index (χ1v) is 11.5. The molecule has 0 saturated carbocycles. The molecule has 2 heterocycles. The Balaban J connectivity index is 1.91. The number of benzene rings is 2. The van der Waals surface area contributed by atoms with Gasteiger partial charge in [-0.3, -0.25) is 0 Å². The van der Waals surface area contributed by atoms with Crippen molar-refractivity contribution in [3.63, 3.8) is 0 Å². The van der Waals surface area contributed by atoms with Crippen LogP contribution in [0, 0.1) is 0 Å². The summed E-state index contributed by atoms with van der Waals surface area (Å²) in [4.78, 5) is 6.64. The van der Waals surface area contributed by atoms with Gasteiger partial charge >= 0.3 is 0 Å². The van der Waals surface area contributed by atoms with Crippen molar-refractivity contribution in [2.75, 3.05) is 18.6 Å². The molecule has 0 atom stereocenters. The van der Waals surface area contributed by atoms with Crippen LogP contribution in [0.15, 0.2) is 46.8 Å². The molecule has 0 radical (unpaired) electrons. The minimum atomic E-state index is -3.61. The number of fused-ring (bicyclic) bond motifs is 2. The molecule has 0 aliphatic carbocycles. The molecule has 3 aromatic rings. The number of rotatable bonds is 3. The summed E-state index contributed by atoms with van der Waals surface area (Å²) in [5.74, 6) is 0.313. The smallest absolute Gasteiger partial charge is 0.186 e. The number of nitrogens with zero attached hydrogens (tertiary/aromatic N) is 2. The van der Waals surface area contributed by atoms with Crippen LogP contribution in [0.4, 0.5) is 11.4 Å². The molecule has 0 bridgehead atoms. The van der Waals surface area contributed by atoms with Gasteiger partial charge in [-0.15, -0.1) is 11.3 Å². The maximum atomic E-state index is 13.1. The summed E-state index contributed by atoms with van der Waals surface area (Å²) in [5, 5.41) is 0. The fraction of sp³-hybridized carbons (Fsp3) is 0.286. The summed E-state index contributed by atoms with van der Waals surface area (Å²) < 4.78 is 31.9. The van der Waals surface area contributed by atoms with E-state index in [1.165, 1.54) is 7.11 Å². The van der Waals surface area contributed by atoms with Gasteiger partial charge in [-0.05, 0) is 51.1 Å². The maximum absolute atomic E-state index is 13.1. The summed E-state index contributed by atoms with van der Waals surface area (Å²) in [5.41, 5.74) is 12.0. The molecule has 2 aromatic carbocycles. The third kappa shape index (κ3) is 3.16. The number of methoxy groups -OCH3 is 1. The monoisotopic (exact) mass is 429 g/mol. The van der Waals surface area contributed by atoms with Gasteiger partial charge in [0.1, 0.15) is 10.6 Å². The van der Waals surface area contributed by atoms with Gasteiger partial charge in [0.15, 0.2) is 9.84 Å². The number of hydrogen-bond donors (Lipinski definition) is 1. The molecule has 0 amide bonds. The van der Waals surface area contributed by atoms with E-state index < -0.39 is 14.6 Å². The van der Waals surface area contributed by atoms with Gasteiger partial charge < -0.3 is 15.4 Å². The lowest BCUT2D eigenvalue weighted by molar-refractivity contribution is 0.402. The number of aromatic nitrogens is 1.